The fraction of sp³-hybridized carbons (Fsp3) is 0.455. The molecule has 5 aliphatic rings. The summed E-state index contributed by atoms with van der Waals surface area (Å²) in [5.74, 6) is 0.198. The molecule has 0 aromatic heterocycles. The number of esters is 2. The first-order valence-corrected chi connectivity index (χ1v) is 13.9. The molecule has 1 saturated heterocycles. The highest BCUT2D eigenvalue weighted by molar-refractivity contribution is 6.03. The molecule has 0 radical (unpaired) electrons. The van der Waals surface area contributed by atoms with Crippen LogP contribution in [0.5, 0.6) is 5.75 Å². The molecule has 3 aromatic carbocycles. The van der Waals surface area contributed by atoms with Gasteiger partial charge in [0, 0.05) is 19.4 Å². The van der Waals surface area contributed by atoms with Crippen LogP contribution in [0.1, 0.15) is 69.4 Å². The van der Waals surface area contributed by atoms with Crippen LogP contribution in [0.15, 0.2) is 54.6 Å². The third-order valence-electron chi connectivity index (χ3n) is 9.50. The minimum Gasteiger partial charge on any atom is -0.496 e. The predicted octanol–water partition coefficient (Wildman–Crippen LogP) is 6.90. The first kappa shape index (κ1) is 23.8. The Bertz CT molecular complexity index is 1410. The SMILES string of the molecule is COc1ccc(-c2ccc3cc(C4C(=O)OC(C)(C)OC4=O)ccc3c2)cc1C12CC3CC(CC(C3)C1)C2. The fourth-order valence-electron chi connectivity index (χ4n) is 8.36. The van der Waals surface area contributed by atoms with Gasteiger partial charge in [-0.25, -0.2) is 0 Å². The summed E-state index contributed by atoms with van der Waals surface area (Å²) in [4.78, 5) is 25.2. The second kappa shape index (κ2) is 8.33. The van der Waals surface area contributed by atoms with Crippen LogP contribution in [0.3, 0.4) is 0 Å². The van der Waals surface area contributed by atoms with Crippen molar-refractivity contribution in [3.63, 3.8) is 0 Å². The van der Waals surface area contributed by atoms with Crippen LogP contribution in [-0.4, -0.2) is 24.8 Å². The van der Waals surface area contributed by atoms with Gasteiger partial charge in [-0.15, -0.1) is 0 Å². The monoisotopic (exact) mass is 510 g/mol. The second-order valence-electron chi connectivity index (χ2n) is 12.6. The third kappa shape index (κ3) is 3.81. The molecule has 4 aliphatic carbocycles. The van der Waals surface area contributed by atoms with Gasteiger partial charge >= 0.3 is 11.9 Å². The van der Waals surface area contributed by atoms with Gasteiger partial charge in [0.1, 0.15) is 5.75 Å². The zero-order valence-corrected chi connectivity index (χ0v) is 22.3. The van der Waals surface area contributed by atoms with Gasteiger partial charge in [0.15, 0.2) is 5.92 Å². The van der Waals surface area contributed by atoms with Crippen LogP contribution in [0, 0.1) is 17.8 Å². The van der Waals surface area contributed by atoms with Gasteiger partial charge in [-0.05, 0) is 113 Å². The van der Waals surface area contributed by atoms with Crippen molar-refractivity contribution < 1.29 is 23.8 Å². The van der Waals surface area contributed by atoms with Crippen LogP contribution < -0.4 is 4.74 Å². The van der Waals surface area contributed by atoms with Crippen LogP contribution in [0.4, 0.5) is 0 Å². The van der Waals surface area contributed by atoms with E-state index in [4.69, 9.17) is 14.2 Å². The van der Waals surface area contributed by atoms with E-state index in [9.17, 15) is 9.59 Å². The Morgan fingerprint density at radius 2 is 1.29 bits per heavy atom. The molecule has 8 rings (SSSR count). The molecule has 1 aliphatic heterocycles. The van der Waals surface area contributed by atoms with Crippen LogP contribution >= 0.6 is 0 Å². The standard InChI is InChI=1S/C33H34O5/c1-32(2)37-30(34)29(31(35)38-32)26-7-6-22-13-23(4-5-24(22)14-26)25-8-9-28(36-3)27(15-25)33-16-19-10-20(17-33)12-21(11-19)18-33/h4-9,13-15,19-21,29H,10-12,16-18H2,1-3H3. The number of cyclic esters (lactones) is 2. The van der Waals surface area contributed by atoms with Gasteiger partial charge in [0.25, 0.3) is 5.79 Å². The topological polar surface area (TPSA) is 61.8 Å². The van der Waals surface area contributed by atoms with Gasteiger partial charge in [-0.3, -0.25) is 9.59 Å². The van der Waals surface area contributed by atoms with Gasteiger partial charge in [-0.2, -0.15) is 0 Å². The summed E-state index contributed by atoms with van der Waals surface area (Å²) in [5, 5.41) is 2.02. The van der Waals surface area contributed by atoms with Crippen molar-refractivity contribution in [1.82, 2.24) is 0 Å². The molecule has 0 N–H and O–H groups in total. The van der Waals surface area contributed by atoms with Crippen molar-refractivity contribution in [2.75, 3.05) is 7.11 Å². The Morgan fingerprint density at radius 1 is 0.737 bits per heavy atom. The summed E-state index contributed by atoms with van der Waals surface area (Å²) in [7, 11) is 1.80. The summed E-state index contributed by atoms with van der Waals surface area (Å²) < 4.78 is 16.6. The highest BCUT2D eigenvalue weighted by Crippen LogP contribution is 2.62. The molecule has 5 nitrogen and oxygen atoms in total. The number of rotatable bonds is 4. The third-order valence-corrected chi connectivity index (χ3v) is 9.50. The van der Waals surface area contributed by atoms with E-state index in [1.54, 1.807) is 21.0 Å². The van der Waals surface area contributed by atoms with E-state index in [2.05, 4.69) is 36.4 Å². The zero-order chi connectivity index (χ0) is 26.2. The Morgan fingerprint density at radius 3 is 1.92 bits per heavy atom. The molecule has 4 saturated carbocycles. The molecule has 3 aromatic rings. The van der Waals surface area contributed by atoms with Gasteiger partial charge in [-0.1, -0.05) is 30.3 Å². The van der Waals surface area contributed by atoms with Crippen molar-refractivity contribution in [3.8, 4) is 16.9 Å². The summed E-state index contributed by atoms with van der Waals surface area (Å²) in [6.45, 7) is 3.13. The molecule has 0 atom stereocenters. The normalized spacial score (nSPS) is 29.8. The van der Waals surface area contributed by atoms with Crippen molar-refractivity contribution in [3.05, 3.63) is 65.7 Å². The molecular formula is C33H34O5. The Kier molecular flexibility index (Phi) is 5.21. The molecule has 5 heteroatoms. The molecule has 0 spiro atoms. The van der Waals surface area contributed by atoms with Crippen LogP contribution in [0.2, 0.25) is 0 Å². The molecular weight excluding hydrogens is 476 g/mol. The van der Waals surface area contributed by atoms with E-state index >= 15 is 0 Å². The second-order valence-corrected chi connectivity index (χ2v) is 12.6. The van der Waals surface area contributed by atoms with E-state index in [0.717, 1.165) is 39.8 Å². The minimum absolute atomic E-state index is 0.250. The summed E-state index contributed by atoms with van der Waals surface area (Å²) in [6.07, 6.45) is 8.14. The molecule has 5 fully saturated rings. The first-order chi connectivity index (χ1) is 18.2. The Balaban J connectivity index is 1.23. The van der Waals surface area contributed by atoms with E-state index in [0.29, 0.717) is 5.56 Å². The number of carbonyl (C=O) groups is 2. The number of ether oxygens (including phenoxy) is 3. The summed E-state index contributed by atoms with van der Waals surface area (Å²) in [5.41, 5.74) is 4.58. The number of benzene rings is 3. The van der Waals surface area contributed by atoms with Crippen molar-refractivity contribution in [1.29, 1.82) is 0 Å². The van der Waals surface area contributed by atoms with Gasteiger partial charge < -0.3 is 14.2 Å². The minimum atomic E-state index is -1.23. The number of carbonyl (C=O) groups excluding carboxylic acids is 2. The van der Waals surface area contributed by atoms with E-state index in [1.165, 1.54) is 49.7 Å². The van der Waals surface area contributed by atoms with E-state index < -0.39 is 23.6 Å². The predicted molar refractivity (Wildman–Crippen MR) is 145 cm³/mol. The molecule has 196 valence electrons. The number of fused-ring (bicyclic) bond motifs is 1. The number of hydrogen-bond acceptors (Lipinski definition) is 5. The average molecular weight is 511 g/mol. The Hall–Kier alpha value is -3.34. The van der Waals surface area contributed by atoms with E-state index in [-0.39, 0.29) is 5.41 Å². The highest BCUT2D eigenvalue weighted by atomic mass is 16.7. The molecule has 38 heavy (non-hydrogen) atoms. The first-order valence-electron chi connectivity index (χ1n) is 13.9. The van der Waals surface area contributed by atoms with Gasteiger partial charge in [0.05, 0.1) is 7.11 Å². The highest BCUT2D eigenvalue weighted by Gasteiger charge is 2.52. The van der Waals surface area contributed by atoms with Crippen molar-refractivity contribution in [2.45, 2.75) is 69.5 Å². The zero-order valence-electron chi connectivity index (χ0n) is 22.3. The largest absolute Gasteiger partial charge is 0.496 e. The Labute approximate surface area is 223 Å². The molecule has 4 bridgehead atoms. The lowest BCUT2D eigenvalue weighted by atomic mass is 9.48. The van der Waals surface area contributed by atoms with Crippen LogP contribution in [0.25, 0.3) is 21.9 Å². The van der Waals surface area contributed by atoms with Crippen LogP contribution in [-0.2, 0) is 24.5 Å². The molecule has 0 unspecified atom stereocenters. The maximum atomic E-state index is 12.6. The lowest BCUT2D eigenvalue weighted by molar-refractivity contribution is -0.234. The number of hydrogen-bond donors (Lipinski definition) is 0. The number of methoxy groups -OCH3 is 1. The summed E-state index contributed by atoms with van der Waals surface area (Å²) >= 11 is 0. The van der Waals surface area contributed by atoms with Crippen molar-refractivity contribution >= 4 is 22.7 Å². The van der Waals surface area contributed by atoms with Crippen molar-refractivity contribution in [2.24, 2.45) is 17.8 Å². The lowest BCUT2D eigenvalue weighted by Gasteiger charge is -2.57. The van der Waals surface area contributed by atoms with Gasteiger partial charge in [0.2, 0.25) is 0 Å². The maximum Gasteiger partial charge on any atom is 0.328 e. The smallest absolute Gasteiger partial charge is 0.328 e. The quantitative estimate of drug-likeness (QED) is 0.282. The average Bonchev–Trinajstić information content (AvgIpc) is 2.86. The summed E-state index contributed by atoms with van der Waals surface area (Å²) in [6, 6.07) is 18.8. The van der Waals surface area contributed by atoms with E-state index in [1.807, 2.05) is 18.2 Å². The maximum absolute atomic E-state index is 12.6. The lowest BCUT2D eigenvalue weighted by Crippen LogP contribution is -2.48. The molecule has 1 heterocycles. The molecule has 0 amide bonds. The fourth-order valence-corrected chi connectivity index (χ4v) is 8.36.